The van der Waals surface area contributed by atoms with E-state index in [0.29, 0.717) is 12.2 Å². The summed E-state index contributed by atoms with van der Waals surface area (Å²) < 4.78 is 15.7. The Balaban J connectivity index is 2.11. The van der Waals surface area contributed by atoms with Crippen molar-refractivity contribution in [3.8, 4) is 5.69 Å². The average molecular weight is 289 g/mol. The Morgan fingerprint density at radius 1 is 1.29 bits per heavy atom. The highest BCUT2D eigenvalue weighted by atomic mass is 19.1. The molecule has 0 aliphatic rings. The van der Waals surface area contributed by atoms with Crippen LogP contribution in [0.15, 0.2) is 41.9 Å². The van der Waals surface area contributed by atoms with Crippen molar-refractivity contribution in [1.29, 1.82) is 0 Å². The number of nitrogens with one attached hydrogen (secondary N) is 2. The number of halogens is 1. The second-order valence-corrected chi connectivity index (χ2v) is 4.48. The fourth-order valence-electron chi connectivity index (χ4n) is 1.94. The van der Waals surface area contributed by atoms with Gasteiger partial charge < -0.3 is 15.2 Å². The maximum atomic E-state index is 14.1. The first kappa shape index (κ1) is 15.0. The lowest BCUT2D eigenvalue weighted by molar-refractivity contribution is 0.615. The predicted molar refractivity (Wildman–Crippen MR) is 82.0 cm³/mol. The lowest BCUT2D eigenvalue weighted by atomic mass is 10.2. The first-order chi connectivity index (χ1) is 10.2. The summed E-state index contributed by atoms with van der Waals surface area (Å²) in [6.45, 7) is 6.02. The number of aromatic nitrogens is 2. The maximum absolute atomic E-state index is 14.1. The van der Waals surface area contributed by atoms with Crippen molar-refractivity contribution in [2.75, 3.05) is 13.1 Å². The third-order valence-corrected chi connectivity index (χ3v) is 2.90. The van der Waals surface area contributed by atoms with E-state index in [4.69, 9.17) is 0 Å². The van der Waals surface area contributed by atoms with Crippen LogP contribution in [0.3, 0.4) is 0 Å². The molecule has 6 heteroatoms. The molecule has 0 aliphatic carbocycles. The van der Waals surface area contributed by atoms with Crippen molar-refractivity contribution >= 4 is 5.96 Å². The summed E-state index contributed by atoms with van der Waals surface area (Å²) in [4.78, 5) is 8.34. The van der Waals surface area contributed by atoms with Crippen molar-refractivity contribution in [2.45, 2.75) is 20.4 Å². The molecule has 0 bridgehead atoms. The van der Waals surface area contributed by atoms with E-state index in [-0.39, 0.29) is 5.82 Å². The predicted octanol–water partition coefficient (Wildman–Crippen LogP) is 2.09. The van der Waals surface area contributed by atoms with Gasteiger partial charge in [-0.2, -0.15) is 0 Å². The summed E-state index contributed by atoms with van der Waals surface area (Å²) in [5.41, 5.74) is 1.31. The molecule has 5 nitrogen and oxygen atoms in total. The zero-order valence-electron chi connectivity index (χ0n) is 12.3. The van der Waals surface area contributed by atoms with Crippen molar-refractivity contribution in [2.24, 2.45) is 4.99 Å². The van der Waals surface area contributed by atoms with E-state index in [0.717, 1.165) is 24.6 Å². The Hall–Kier alpha value is -2.37. The van der Waals surface area contributed by atoms with Gasteiger partial charge in [-0.1, -0.05) is 6.07 Å². The van der Waals surface area contributed by atoms with Crippen LogP contribution in [-0.2, 0) is 6.54 Å². The van der Waals surface area contributed by atoms with Gasteiger partial charge in [0.15, 0.2) is 5.96 Å². The van der Waals surface area contributed by atoms with Crippen LogP contribution in [0.2, 0.25) is 0 Å². The van der Waals surface area contributed by atoms with E-state index in [9.17, 15) is 4.39 Å². The summed E-state index contributed by atoms with van der Waals surface area (Å²) in [6, 6.07) is 5.12. The normalized spacial score (nSPS) is 10.2. The number of nitrogens with zero attached hydrogens (tertiary/aromatic N) is 3. The van der Waals surface area contributed by atoms with Gasteiger partial charge in [0.2, 0.25) is 0 Å². The molecular formula is C15H20FN5. The molecule has 0 saturated carbocycles. The Kier molecular flexibility index (Phi) is 5.31. The molecular weight excluding hydrogens is 269 g/mol. The summed E-state index contributed by atoms with van der Waals surface area (Å²) in [5.74, 6) is 0.452. The van der Waals surface area contributed by atoms with Gasteiger partial charge in [0.05, 0.1) is 18.6 Å². The van der Waals surface area contributed by atoms with Crippen molar-refractivity contribution in [3.63, 3.8) is 0 Å². The lowest BCUT2D eigenvalue weighted by Crippen LogP contribution is -2.36. The molecule has 0 radical (unpaired) electrons. The van der Waals surface area contributed by atoms with E-state index in [1.807, 2.05) is 19.9 Å². The third kappa shape index (κ3) is 4.05. The molecule has 2 aromatic rings. The van der Waals surface area contributed by atoms with Gasteiger partial charge in [-0.3, -0.25) is 0 Å². The zero-order valence-corrected chi connectivity index (χ0v) is 12.3. The zero-order chi connectivity index (χ0) is 15.1. The number of hydrogen-bond donors (Lipinski definition) is 2. The molecule has 21 heavy (non-hydrogen) atoms. The van der Waals surface area contributed by atoms with Gasteiger partial charge >= 0.3 is 0 Å². The van der Waals surface area contributed by atoms with Crippen molar-refractivity contribution < 1.29 is 4.39 Å². The van der Waals surface area contributed by atoms with Gasteiger partial charge in [-0.25, -0.2) is 14.4 Å². The molecule has 0 unspecified atom stereocenters. The summed E-state index contributed by atoms with van der Waals surface area (Å²) in [5, 5.41) is 6.27. The molecule has 1 aromatic heterocycles. The number of hydrogen-bond acceptors (Lipinski definition) is 2. The minimum Gasteiger partial charge on any atom is -0.357 e. The highest BCUT2D eigenvalue weighted by molar-refractivity contribution is 5.79. The van der Waals surface area contributed by atoms with Crippen LogP contribution in [0.25, 0.3) is 5.69 Å². The summed E-state index contributed by atoms with van der Waals surface area (Å²) in [6.07, 6.45) is 4.91. The van der Waals surface area contributed by atoms with Crippen LogP contribution in [0.1, 0.15) is 19.4 Å². The fraction of sp³-hybridized carbons (Fsp3) is 0.333. The summed E-state index contributed by atoms with van der Waals surface area (Å²) in [7, 11) is 0. The van der Waals surface area contributed by atoms with Crippen LogP contribution in [0.4, 0.5) is 4.39 Å². The molecule has 0 amide bonds. The first-order valence-corrected chi connectivity index (χ1v) is 7.03. The molecule has 0 fully saturated rings. The van der Waals surface area contributed by atoms with Gasteiger partial charge in [0, 0.05) is 25.5 Å². The van der Waals surface area contributed by atoms with E-state index in [2.05, 4.69) is 20.6 Å². The van der Waals surface area contributed by atoms with Crippen LogP contribution < -0.4 is 10.6 Å². The number of rotatable bonds is 5. The Morgan fingerprint density at radius 2 is 2.05 bits per heavy atom. The number of benzene rings is 1. The molecule has 1 heterocycles. The monoisotopic (exact) mass is 289 g/mol. The minimum atomic E-state index is -0.283. The number of guanidine groups is 1. The molecule has 2 N–H and O–H groups in total. The molecule has 0 aliphatic heterocycles. The Bertz CT molecular complexity index is 584. The Morgan fingerprint density at radius 3 is 2.62 bits per heavy atom. The van der Waals surface area contributed by atoms with Gasteiger partial charge in [0.25, 0.3) is 0 Å². The molecule has 1 aromatic carbocycles. The first-order valence-electron chi connectivity index (χ1n) is 7.03. The molecule has 0 saturated heterocycles. The Labute approximate surface area is 123 Å². The van der Waals surface area contributed by atoms with Crippen LogP contribution in [0.5, 0.6) is 0 Å². The quantitative estimate of drug-likeness (QED) is 0.654. The topological polar surface area (TPSA) is 54.2 Å². The molecule has 2 rings (SSSR count). The van der Waals surface area contributed by atoms with Gasteiger partial charge in [-0.05, 0) is 31.5 Å². The number of aliphatic imine (C=N–C) groups is 1. The minimum absolute atomic E-state index is 0.283. The van der Waals surface area contributed by atoms with E-state index in [1.165, 1.54) is 6.07 Å². The second kappa shape index (κ2) is 7.42. The highest BCUT2D eigenvalue weighted by Gasteiger charge is 2.05. The SMILES string of the molecule is CCNC(=NCc1ccc(-n2ccnc2)c(F)c1)NCC. The summed E-state index contributed by atoms with van der Waals surface area (Å²) >= 11 is 0. The van der Waals surface area contributed by atoms with Crippen LogP contribution in [0, 0.1) is 5.82 Å². The van der Waals surface area contributed by atoms with E-state index < -0.39 is 0 Å². The largest absolute Gasteiger partial charge is 0.357 e. The van der Waals surface area contributed by atoms with E-state index in [1.54, 1.807) is 29.4 Å². The number of imidazole rings is 1. The molecule has 0 atom stereocenters. The van der Waals surface area contributed by atoms with Crippen molar-refractivity contribution in [1.82, 2.24) is 20.2 Å². The van der Waals surface area contributed by atoms with Crippen LogP contribution in [-0.4, -0.2) is 28.6 Å². The standard InChI is InChI=1S/C15H20FN5/c1-3-18-15(19-4-2)20-10-12-5-6-14(13(16)9-12)21-8-7-17-11-21/h5-9,11H,3-4,10H2,1-2H3,(H2,18,19,20). The maximum Gasteiger partial charge on any atom is 0.191 e. The van der Waals surface area contributed by atoms with Gasteiger partial charge in [0.1, 0.15) is 5.82 Å². The molecule has 0 spiro atoms. The van der Waals surface area contributed by atoms with Gasteiger partial charge in [-0.15, -0.1) is 0 Å². The second-order valence-electron chi connectivity index (χ2n) is 4.48. The van der Waals surface area contributed by atoms with Crippen molar-refractivity contribution in [3.05, 3.63) is 48.3 Å². The molecule has 112 valence electrons. The smallest absolute Gasteiger partial charge is 0.191 e. The van der Waals surface area contributed by atoms with E-state index >= 15 is 0 Å². The lowest BCUT2D eigenvalue weighted by Gasteiger charge is -2.09. The fourth-order valence-corrected chi connectivity index (χ4v) is 1.94. The van der Waals surface area contributed by atoms with Crippen LogP contribution >= 0.6 is 0 Å². The highest BCUT2D eigenvalue weighted by Crippen LogP contribution is 2.15. The average Bonchev–Trinajstić information content (AvgIpc) is 2.99. The third-order valence-electron chi connectivity index (χ3n) is 2.90.